The van der Waals surface area contributed by atoms with Gasteiger partial charge in [0.25, 0.3) is 5.91 Å². The van der Waals surface area contributed by atoms with Crippen LogP contribution < -0.4 is 5.32 Å². The van der Waals surface area contributed by atoms with E-state index in [-0.39, 0.29) is 5.91 Å². The highest BCUT2D eigenvalue weighted by Crippen LogP contribution is 2.35. The van der Waals surface area contributed by atoms with E-state index in [0.717, 1.165) is 22.6 Å². The lowest BCUT2D eigenvalue weighted by molar-refractivity contribution is -0.115. The molecule has 1 aliphatic rings. The molecule has 1 aromatic heterocycles. The van der Waals surface area contributed by atoms with Crippen molar-refractivity contribution < 1.29 is 4.79 Å². The van der Waals surface area contributed by atoms with Crippen LogP contribution in [-0.4, -0.2) is 15.6 Å². The highest BCUT2D eigenvalue weighted by molar-refractivity contribution is 8.18. The Morgan fingerprint density at radius 2 is 1.81 bits per heavy atom. The number of amidine groups is 1. The van der Waals surface area contributed by atoms with E-state index in [0.29, 0.717) is 35.9 Å². The van der Waals surface area contributed by atoms with E-state index in [1.54, 1.807) is 30.3 Å². The van der Waals surface area contributed by atoms with Crippen molar-refractivity contribution in [2.45, 2.75) is 13.8 Å². The van der Waals surface area contributed by atoms with Crippen molar-refractivity contribution in [2.24, 2.45) is 4.99 Å². The topological polar surface area (TPSA) is 46.4 Å². The first-order valence-corrected chi connectivity index (χ1v) is 11.5. The van der Waals surface area contributed by atoms with Crippen LogP contribution in [-0.2, 0) is 4.79 Å². The van der Waals surface area contributed by atoms with E-state index in [9.17, 15) is 4.79 Å². The van der Waals surface area contributed by atoms with Gasteiger partial charge in [-0.25, -0.2) is 4.99 Å². The summed E-state index contributed by atoms with van der Waals surface area (Å²) in [7, 11) is 0. The second-order valence-corrected chi connectivity index (χ2v) is 9.47. The summed E-state index contributed by atoms with van der Waals surface area (Å²) < 4.78 is 2.03. The molecular weight excluding hydrogens is 496 g/mol. The summed E-state index contributed by atoms with van der Waals surface area (Å²) in [5.41, 5.74) is 4.16. The first-order chi connectivity index (χ1) is 14.7. The lowest BCUT2D eigenvalue weighted by atomic mass is 10.2. The minimum atomic E-state index is -0.226. The van der Waals surface area contributed by atoms with Crippen molar-refractivity contribution >= 4 is 81.0 Å². The van der Waals surface area contributed by atoms with Crippen LogP contribution in [0.4, 0.5) is 5.69 Å². The number of carbonyl (C=O) groups is 1. The van der Waals surface area contributed by atoms with Gasteiger partial charge in [-0.15, -0.1) is 0 Å². The zero-order valence-corrected chi connectivity index (χ0v) is 20.2. The summed E-state index contributed by atoms with van der Waals surface area (Å²) in [6.07, 6.45) is 1.84. The molecule has 158 valence electrons. The van der Waals surface area contributed by atoms with Gasteiger partial charge in [0.1, 0.15) is 0 Å². The summed E-state index contributed by atoms with van der Waals surface area (Å²) in [4.78, 5) is 17.5. The average molecular weight is 511 g/mol. The zero-order chi connectivity index (χ0) is 22.3. The molecule has 2 aromatic carbocycles. The molecule has 4 nitrogen and oxygen atoms in total. The molecule has 0 saturated carbocycles. The number of nitrogens with zero attached hydrogens (tertiary/aromatic N) is 2. The molecule has 9 heteroatoms. The Kier molecular flexibility index (Phi) is 6.42. The standard InChI is InChI=1S/C22H15Cl4N3OS/c1-11-8-13(12(2)29(11)18-7-6-14(23)10-16(18)25)9-19-21(30)28-22(31-19)27-17-5-3-4-15(24)20(17)26/h3-10H,1-2H3,(H,27,28,30)/b19-9+. The molecule has 0 aliphatic carbocycles. The quantitative estimate of drug-likeness (QED) is 0.368. The summed E-state index contributed by atoms with van der Waals surface area (Å²) in [6, 6.07) is 12.6. The van der Waals surface area contributed by atoms with Gasteiger partial charge in [0.2, 0.25) is 0 Å². The largest absolute Gasteiger partial charge is 0.316 e. The highest BCUT2D eigenvalue weighted by Gasteiger charge is 2.25. The first kappa shape index (κ1) is 22.3. The zero-order valence-electron chi connectivity index (χ0n) is 16.3. The number of hydrogen-bond donors (Lipinski definition) is 1. The van der Waals surface area contributed by atoms with Crippen molar-refractivity contribution in [3.05, 3.63) is 84.4 Å². The first-order valence-electron chi connectivity index (χ1n) is 9.12. The fourth-order valence-electron chi connectivity index (χ4n) is 3.28. The third-order valence-corrected chi connectivity index (χ3v) is 6.97. The van der Waals surface area contributed by atoms with Gasteiger partial charge in [0.15, 0.2) is 5.17 Å². The fourth-order valence-corrected chi connectivity index (χ4v) is 4.93. The number of amides is 1. The molecular formula is C22H15Cl4N3OS. The Labute approximate surface area is 203 Å². The van der Waals surface area contributed by atoms with E-state index in [1.807, 2.05) is 36.6 Å². The number of benzene rings is 2. The van der Waals surface area contributed by atoms with Gasteiger partial charge in [-0.1, -0.05) is 52.5 Å². The molecule has 0 bridgehead atoms. The van der Waals surface area contributed by atoms with Crippen molar-refractivity contribution in [3.63, 3.8) is 0 Å². The number of carbonyl (C=O) groups excluding carboxylic acids is 1. The molecule has 31 heavy (non-hydrogen) atoms. The Hall–Kier alpha value is -1.89. The maximum Gasteiger partial charge on any atom is 0.264 e. The normalized spacial score (nSPS) is 16.4. The predicted molar refractivity (Wildman–Crippen MR) is 133 cm³/mol. The van der Waals surface area contributed by atoms with Crippen molar-refractivity contribution in [3.8, 4) is 5.69 Å². The summed E-state index contributed by atoms with van der Waals surface area (Å²) >= 11 is 25.9. The van der Waals surface area contributed by atoms with Crippen LogP contribution in [0.2, 0.25) is 20.1 Å². The van der Waals surface area contributed by atoms with Gasteiger partial charge in [-0.2, -0.15) is 0 Å². The number of aliphatic imine (C=N–C) groups is 1. The van der Waals surface area contributed by atoms with E-state index in [1.165, 1.54) is 11.8 Å². The van der Waals surface area contributed by atoms with Crippen LogP contribution in [0.25, 0.3) is 11.8 Å². The minimum absolute atomic E-state index is 0.226. The van der Waals surface area contributed by atoms with Gasteiger partial charge in [0.05, 0.1) is 31.3 Å². The number of hydrogen-bond acceptors (Lipinski definition) is 3. The summed E-state index contributed by atoms with van der Waals surface area (Å²) in [6.45, 7) is 3.96. The smallest absolute Gasteiger partial charge is 0.264 e. The van der Waals surface area contributed by atoms with E-state index in [2.05, 4.69) is 10.3 Å². The molecule has 3 aromatic rings. The number of thioether (sulfide) groups is 1. The summed E-state index contributed by atoms with van der Waals surface area (Å²) in [5.74, 6) is -0.226. The SMILES string of the molecule is Cc1cc(/C=C2/SC(=Nc3cccc(Cl)c3Cl)NC2=O)c(C)n1-c1ccc(Cl)cc1Cl. The Balaban J connectivity index is 1.67. The second-order valence-electron chi connectivity index (χ2n) is 6.81. The van der Waals surface area contributed by atoms with Gasteiger partial charge in [-0.05, 0) is 73.6 Å². The summed E-state index contributed by atoms with van der Waals surface area (Å²) in [5, 5.41) is 5.08. The molecule has 4 rings (SSSR count). The number of rotatable bonds is 3. The highest BCUT2D eigenvalue weighted by atomic mass is 35.5. The van der Waals surface area contributed by atoms with Crippen molar-refractivity contribution in [1.29, 1.82) is 0 Å². The number of aromatic nitrogens is 1. The molecule has 1 N–H and O–H groups in total. The number of aryl methyl sites for hydroxylation is 1. The fraction of sp³-hybridized carbons (Fsp3) is 0.0909. The third kappa shape index (κ3) is 4.52. The van der Waals surface area contributed by atoms with Crippen molar-refractivity contribution in [1.82, 2.24) is 9.88 Å². The molecule has 0 atom stereocenters. The van der Waals surface area contributed by atoms with E-state index in [4.69, 9.17) is 46.4 Å². The molecule has 1 fully saturated rings. The lowest BCUT2D eigenvalue weighted by Crippen LogP contribution is -2.19. The van der Waals surface area contributed by atoms with Crippen LogP contribution in [0.15, 0.2) is 52.4 Å². The van der Waals surface area contributed by atoms with E-state index < -0.39 is 0 Å². The second kappa shape index (κ2) is 8.93. The van der Waals surface area contributed by atoms with Gasteiger partial charge < -0.3 is 9.88 Å². The van der Waals surface area contributed by atoms with Gasteiger partial charge >= 0.3 is 0 Å². The van der Waals surface area contributed by atoms with Crippen molar-refractivity contribution in [2.75, 3.05) is 0 Å². The van der Waals surface area contributed by atoms with Crippen LogP contribution in [0.1, 0.15) is 17.0 Å². The molecule has 1 amide bonds. The molecule has 0 spiro atoms. The van der Waals surface area contributed by atoms with Crippen LogP contribution in [0.3, 0.4) is 0 Å². The maximum absolute atomic E-state index is 12.5. The number of nitrogens with one attached hydrogen (secondary N) is 1. The Morgan fingerprint density at radius 3 is 2.55 bits per heavy atom. The molecule has 0 unspecified atom stereocenters. The average Bonchev–Trinajstić information content (AvgIpc) is 3.18. The molecule has 1 aliphatic heterocycles. The van der Waals surface area contributed by atoms with Crippen LogP contribution in [0.5, 0.6) is 0 Å². The molecule has 0 radical (unpaired) electrons. The number of halogens is 4. The molecule has 2 heterocycles. The maximum atomic E-state index is 12.5. The minimum Gasteiger partial charge on any atom is -0.316 e. The predicted octanol–water partition coefficient (Wildman–Crippen LogP) is 7.60. The van der Waals surface area contributed by atoms with Gasteiger partial charge in [0, 0.05) is 16.4 Å². The molecule has 1 saturated heterocycles. The Morgan fingerprint density at radius 1 is 1.03 bits per heavy atom. The Bertz CT molecular complexity index is 1280. The van der Waals surface area contributed by atoms with Crippen LogP contribution in [0, 0.1) is 13.8 Å². The van der Waals surface area contributed by atoms with E-state index >= 15 is 0 Å². The lowest BCUT2D eigenvalue weighted by Gasteiger charge is -2.12. The monoisotopic (exact) mass is 509 g/mol. The van der Waals surface area contributed by atoms with Crippen LogP contribution >= 0.6 is 58.2 Å². The third-order valence-electron chi connectivity index (χ3n) is 4.71. The van der Waals surface area contributed by atoms with Gasteiger partial charge in [-0.3, -0.25) is 4.79 Å².